The number of hydrogen-bond acceptors (Lipinski definition) is 3. The molecule has 0 bridgehead atoms. The Balaban J connectivity index is 1.94. The van der Waals surface area contributed by atoms with E-state index in [-0.39, 0.29) is 5.54 Å². The second kappa shape index (κ2) is 6.71. The minimum Gasteiger partial charge on any atom is -0.302 e. The summed E-state index contributed by atoms with van der Waals surface area (Å²) in [4.78, 5) is 2.41. The van der Waals surface area contributed by atoms with Gasteiger partial charge in [-0.1, -0.05) is 34.1 Å². The van der Waals surface area contributed by atoms with E-state index in [1.54, 1.807) is 0 Å². The van der Waals surface area contributed by atoms with Gasteiger partial charge in [-0.05, 0) is 51.4 Å². The van der Waals surface area contributed by atoms with E-state index in [1.165, 1.54) is 10.0 Å². The lowest BCUT2D eigenvalue weighted by molar-refractivity contribution is 0.151. The predicted octanol–water partition coefficient (Wildman–Crippen LogP) is 3.31. The molecule has 0 aliphatic heterocycles. The standard InChI is InChI=1S/C16H22BrN3/c1-19-16(12-18)9-7-14(8-10-16)20(2)11-13-5-3-4-6-15(13)17/h3-6,14,19H,7-11H2,1-2H3. The van der Waals surface area contributed by atoms with Gasteiger partial charge in [-0.2, -0.15) is 5.26 Å². The summed E-state index contributed by atoms with van der Waals surface area (Å²) in [6, 6.07) is 11.4. The third kappa shape index (κ3) is 3.41. The van der Waals surface area contributed by atoms with E-state index in [4.69, 9.17) is 0 Å². The van der Waals surface area contributed by atoms with E-state index < -0.39 is 0 Å². The van der Waals surface area contributed by atoms with Gasteiger partial charge in [-0.25, -0.2) is 0 Å². The molecule has 2 rings (SSSR count). The van der Waals surface area contributed by atoms with Crippen LogP contribution in [0.15, 0.2) is 28.7 Å². The topological polar surface area (TPSA) is 39.1 Å². The number of nitrogens with one attached hydrogen (secondary N) is 1. The van der Waals surface area contributed by atoms with Gasteiger partial charge < -0.3 is 5.32 Å². The first-order valence-electron chi connectivity index (χ1n) is 7.14. The summed E-state index contributed by atoms with van der Waals surface area (Å²) in [5, 5.41) is 12.5. The molecule has 1 aliphatic rings. The third-order valence-corrected chi connectivity index (χ3v) is 5.28. The highest BCUT2D eigenvalue weighted by Crippen LogP contribution is 2.31. The highest BCUT2D eigenvalue weighted by molar-refractivity contribution is 9.10. The second-order valence-electron chi connectivity index (χ2n) is 5.68. The van der Waals surface area contributed by atoms with Crippen molar-refractivity contribution in [1.29, 1.82) is 5.26 Å². The molecular weight excluding hydrogens is 314 g/mol. The van der Waals surface area contributed by atoms with E-state index in [9.17, 15) is 5.26 Å². The van der Waals surface area contributed by atoms with Gasteiger partial charge in [0.15, 0.2) is 0 Å². The van der Waals surface area contributed by atoms with E-state index in [2.05, 4.69) is 57.5 Å². The summed E-state index contributed by atoms with van der Waals surface area (Å²) in [5.74, 6) is 0. The van der Waals surface area contributed by atoms with E-state index in [0.717, 1.165) is 32.2 Å². The Morgan fingerprint density at radius 2 is 2.05 bits per heavy atom. The largest absolute Gasteiger partial charge is 0.302 e. The van der Waals surface area contributed by atoms with Crippen molar-refractivity contribution in [3.63, 3.8) is 0 Å². The van der Waals surface area contributed by atoms with Gasteiger partial charge >= 0.3 is 0 Å². The van der Waals surface area contributed by atoms with Gasteiger partial charge in [0.05, 0.1) is 6.07 Å². The summed E-state index contributed by atoms with van der Waals surface area (Å²) in [5.41, 5.74) is 1.02. The zero-order valence-electron chi connectivity index (χ0n) is 12.2. The Bertz CT molecular complexity index is 487. The molecule has 0 heterocycles. The maximum Gasteiger partial charge on any atom is 0.106 e. The van der Waals surface area contributed by atoms with Crippen LogP contribution in [0, 0.1) is 11.3 Å². The molecular formula is C16H22BrN3. The molecule has 1 fully saturated rings. The van der Waals surface area contributed by atoms with Gasteiger partial charge in [0.1, 0.15) is 5.54 Å². The number of nitrogens with zero attached hydrogens (tertiary/aromatic N) is 2. The zero-order chi connectivity index (χ0) is 14.6. The first kappa shape index (κ1) is 15.5. The monoisotopic (exact) mass is 335 g/mol. The van der Waals surface area contributed by atoms with Crippen LogP contribution in [0.2, 0.25) is 0 Å². The number of benzene rings is 1. The van der Waals surface area contributed by atoms with Crippen LogP contribution in [0.25, 0.3) is 0 Å². The first-order valence-corrected chi connectivity index (χ1v) is 7.93. The smallest absolute Gasteiger partial charge is 0.106 e. The molecule has 0 saturated heterocycles. The fraction of sp³-hybridized carbons (Fsp3) is 0.562. The normalized spacial score (nSPS) is 26.4. The summed E-state index contributed by atoms with van der Waals surface area (Å²) >= 11 is 3.61. The van der Waals surface area contributed by atoms with Gasteiger partial charge in [0.2, 0.25) is 0 Å². The van der Waals surface area contributed by atoms with Crippen LogP contribution < -0.4 is 5.32 Å². The SMILES string of the molecule is CNC1(C#N)CCC(N(C)Cc2ccccc2Br)CC1. The number of hydrogen-bond donors (Lipinski definition) is 1. The fourth-order valence-electron chi connectivity index (χ4n) is 2.98. The van der Waals surface area contributed by atoms with E-state index in [0.29, 0.717) is 6.04 Å². The lowest BCUT2D eigenvalue weighted by Gasteiger charge is -2.38. The molecule has 0 spiro atoms. The van der Waals surface area contributed by atoms with Crippen molar-refractivity contribution in [2.75, 3.05) is 14.1 Å². The Morgan fingerprint density at radius 3 is 2.60 bits per heavy atom. The molecule has 0 unspecified atom stereocenters. The lowest BCUT2D eigenvalue weighted by atomic mass is 9.80. The minimum atomic E-state index is -0.301. The van der Waals surface area contributed by atoms with E-state index >= 15 is 0 Å². The Morgan fingerprint density at radius 1 is 1.40 bits per heavy atom. The molecule has 1 aromatic carbocycles. The summed E-state index contributed by atoms with van der Waals surface area (Å²) < 4.78 is 1.17. The Kier molecular flexibility index (Phi) is 5.20. The van der Waals surface area contributed by atoms with Crippen molar-refractivity contribution in [2.24, 2.45) is 0 Å². The van der Waals surface area contributed by atoms with Crippen LogP contribution in [-0.2, 0) is 6.54 Å². The number of halogens is 1. The van der Waals surface area contributed by atoms with Gasteiger partial charge in [0, 0.05) is 17.1 Å². The molecule has 1 aromatic rings. The lowest BCUT2D eigenvalue weighted by Crippen LogP contribution is -2.48. The molecule has 20 heavy (non-hydrogen) atoms. The van der Waals surface area contributed by atoms with Crippen LogP contribution in [-0.4, -0.2) is 30.6 Å². The molecule has 0 radical (unpaired) electrons. The van der Waals surface area contributed by atoms with Crippen molar-refractivity contribution in [1.82, 2.24) is 10.2 Å². The van der Waals surface area contributed by atoms with Gasteiger partial charge in [0.25, 0.3) is 0 Å². The van der Waals surface area contributed by atoms with E-state index in [1.807, 2.05) is 13.1 Å². The molecule has 1 N–H and O–H groups in total. The molecule has 1 saturated carbocycles. The molecule has 0 amide bonds. The fourth-order valence-corrected chi connectivity index (χ4v) is 3.39. The molecule has 1 aliphatic carbocycles. The maximum atomic E-state index is 9.31. The summed E-state index contributed by atoms with van der Waals surface area (Å²) in [6.07, 6.45) is 4.03. The van der Waals surface area contributed by atoms with Crippen LogP contribution >= 0.6 is 15.9 Å². The highest BCUT2D eigenvalue weighted by atomic mass is 79.9. The maximum absolute atomic E-state index is 9.31. The summed E-state index contributed by atoms with van der Waals surface area (Å²) in [6.45, 7) is 0.950. The van der Waals surface area contributed by atoms with Crippen LogP contribution in [0.5, 0.6) is 0 Å². The molecule has 3 nitrogen and oxygen atoms in total. The average molecular weight is 336 g/mol. The number of nitriles is 1. The van der Waals surface area contributed by atoms with Crippen molar-refractivity contribution in [3.8, 4) is 6.07 Å². The van der Waals surface area contributed by atoms with Crippen molar-refractivity contribution < 1.29 is 0 Å². The van der Waals surface area contributed by atoms with Crippen LogP contribution in [0.1, 0.15) is 31.2 Å². The van der Waals surface area contributed by atoms with Crippen molar-refractivity contribution >= 4 is 15.9 Å². The van der Waals surface area contributed by atoms with Gasteiger partial charge in [-0.3, -0.25) is 4.90 Å². The average Bonchev–Trinajstić information content (AvgIpc) is 2.49. The Labute approximate surface area is 130 Å². The predicted molar refractivity (Wildman–Crippen MR) is 85.3 cm³/mol. The summed E-state index contributed by atoms with van der Waals surface area (Å²) in [7, 11) is 4.08. The van der Waals surface area contributed by atoms with Crippen LogP contribution in [0.3, 0.4) is 0 Å². The highest BCUT2D eigenvalue weighted by Gasteiger charge is 2.35. The first-order chi connectivity index (χ1) is 9.60. The third-order valence-electron chi connectivity index (χ3n) is 4.50. The van der Waals surface area contributed by atoms with Crippen molar-refractivity contribution in [2.45, 2.75) is 43.8 Å². The van der Waals surface area contributed by atoms with Crippen LogP contribution in [0.4, 0.5) is 0 Å². The minimum absolute atomic E-state index is 0.301. The molecule has 108 valence electrons. The second-order valence-corrected chi connectivity index (χ2v) is 6.54. The molecule has 4 heteroatoms. The molecule has 0 aromatic heterocycles. The molecule has 0 atom stereocenters. The Hall–Kier alpha value is -0.890. The number of rotatable bonds is 4. The van der Waals surface area contributed by atoms with Crippen molar-refractivity contribution in [3.05, 3.63) is 34.3 Å². The van der Waals surface area contributed by atoms with Gasteiger partial charge in [-0.15, -0.1) is 0 Å². The zero-order valence-corrected chi connectivity index (χ0v) is 13.8. The quantitative estimate of drug-likeness (QED) is 0.917.